The zero-order chi connectivity index (χ0) is 16.9. The average molecular weight is 337 g/mol. The van der Waals surface area contributed by atoms with Crippen LogP contribution in [-0.4, -0.2) is 74.0 Å². The molecule has 2 rings (SSSR count). The second kappa shape index (κ2) is 8.19. The largest absolute Gasteiger partial charge is 0.401 e. The normalized spacial score (nSPS) is 27.6. The van der Waals surface area contributed by atoms with Gasteiger partial charge in [-0.25, -0.2) is 4.79 Å². The highest BCUT2D eigenvalue weighted by atomic mass is 19.4. The summed E-state index contributed by atoms with van der Waals surface area (Å²) in [7, 11) is 1.65. The Morgan fingerprint density at radius 3 is 2.57 bits per heavy atom. The van der Waals surface area contributed by atoms with Crippen LogP contribution in [-0.2, 0) is 4.74 Å². The fourth-order valence-corrected chi connectivity index (χ4v) is 3.38. The molecule has 134 valence electrons. The molecule has 0 spiro atoms. The van der Waals surface area contributed by atoms with Gasteiger partial charge in [0.1, 0.15) is 0 Å². The highest BCUT2D eigenvalue weighted by Gasteiger charge is 2.32. The van der Waals surface area contributed by atoms with E-state index in [0.29, 0.717) is 26.1 Å². The molecule has 8 heteroatoms. The Hall–Kier alpha value is -1.02. The quantitative estimate of drug-likeness (QED) is 0.859. The molecule has 1 saturated carbocycles. The molecule has 23 heavy (non-hydrogen) atoms. The molecular formula is C15H26F3N3O2. The summed E-state index contributed by atoms with van der Waals surface area (Å²) in [5, 5.41) is 3.00. The van der Waals surface area contributed by atoms with Crippen molar-refractivity contribution in [2.75, 3.05) is 39.8 Å². The second-order valence-electron chi connectivity index (χ2n) is 6.35. The number of alkyl halides is 3. The minimum Gasteiger partial charge on any atom is -0.379 e. The van der Waals surface area contributed by atoms with Crippen molar-refractivity contribution < 1.29 is 22.7 Å². The number of ether oxygens (including phenoxy) is 1. The van der Waals surface area contributed by atoms with Gasteiger partial charge in [0.25, 0.3) is 0 Å². The van der Waals surface area contributed by atoms with Gasteiger partial charge < -0.3 is 15.0 Å². The summed E-state index contributed by atoms with van der Waals surface area (Å²) in [6.45, 7) is 0.534. The van der Waals surface area contributed by atoms with Crippen LogP contribution in [0.4, 0.5) is 18.0 Å². The van der Waals surface area contributed by atoms with Crippen LogP contribution in [0.1, 0.15) is 32.1 Å². The van der Waals surface area contributed by atoms with Crippen LogP contribution in [0.15, 0.2) is 0 Å². The van der Waals surface area contributed by atoms with Crippen LogP contribution in [0.3, 0.4) is 0 Å². The molecule has 5 nitrogen and oxygen atoms in total. The summed E-state index contributed by atoms with van der Waals surface area (Å²) < 4.78 is 42.8. The van der Waals surface area contributed by atoms with E-state index in [0.717, 1.165) is 25.7 Å². The molecule has 2 atom stereocenters. The summed E-state index contributed by atoms with van der Waals surface area (Å²) in [5.41, 5.74) is 0. The molecule has 0 aromatic carbocycles. The number of amides is 2. The van der Waals surface area contributed by atoms with Crippen LogP contribution >= 0.6 is 0 Å². The predicted octanol–water partition coefficient (Wildman–Crippen LogP) is 2.22. The Bertz CT molecular complexity index is 393. The number of hydrogen-bond donors (Lipinski definition) is 1. The van der Waals surface area contributed by atoms with Crippen LogP contribution in [0.2, 0.25) is 0 Å². The van der Waals surface area contributed by atoms with E-state index in [1.807, 2.05) is 0 Å². The van der Waals surface area contributed by atoms with Crippen molar-refractivity contribution in [1.29, 1.82) is 0 Å². The first-order valence-corrected chi connectivity index (χ1v) is 8.26. The Kier molecular flexibility index (Phi) is 6.52. The first-order chi connectivity index (χ1) is 10.9. The number of hydrogen-bond acceptors (Lipinski definition) is 3. The predicted molar refractivity (Wildman–Crippen MR) is 80.3 cm³/mol. The SMILES string of the molecule is CO[C@@H]1CCCC[C@H]1NC(=O)N1CCCN(CC(F)(F)F)CC1. The third-order valence-corrected chi connectivity index (χ3v) is 4.59. The van der Waals surface area contributed by atoms with E-state index in [4.69, 9.17) is 4.74 Å². The first-order valence-electron chi connectivity index (χ1n) is 8.26. The molecule has 1 N–H and O–H groups in total. The minimum absolute atomic E-state index is 0.00391. The number of rotatable bonds is 3. The highest BCUT2D eigenvalue weighted by Crippen LogP contribution is 2.21. The Morgan fingerprint density at radius 2 is 1.87 bits per heavy atom. The van der Waals surface area contributed by atoms with Gasteiger partial charge in [-0.2, -0.15) is 13.2 Å². The summed E-state index contributed by atoms with van der Waals surface area (Å²) in [6.07, 6.45) is 0.374. The standard InChI is InChI=1S/C15H26F3N3O2/c1-23-13-6-3-2-5-12(13)19-14(22)21-8-4-7-20(9-10-21)11-15(16,17)18/h12-13H,2-11H2,1H3,(H,19,22)/t12-,13-/m1/s1. The van der Waals surface area contributed by atoms with E-state index in [-0.39, 0.29) is 24.7 Å². The lowest BCUT2D eigenvalue weighted by molar-refractivity contribution is -0.145. The van der Waals surface area contributed by atoms with E-state index in [2.05, 4.69) is 5.32 Å². The lowest BCUT2D eigenvalue weighted by atomic mass is 9.92. The number of carbonyl (C=O) groups is 1. The maximum absolute atomic E-state index is 12.5. The van der Waals surface area contributed by atoms with E-state index in [1.54, 1.807) is 12.0 Å². The number of nitrogens with zero attached hydrogens (tertiary/aromatic N) is 2. The van der Waals surface area contributed by atoms with Crippen molar-refractivity contribution in [3.05, 3.63) is 0 Å². The van der Waals surface area contributed by atoms with Crippen LogP contribution in [0.5, 0.6) is 0 Å². The zero-order valence-electron chi connectivity index (χ0n) is 13.6. The Morgan fingerprint density at radius 1 is 1.13 bits per heavy atom. The topological polar surface area (TPSA) is 44.8 Å². The molecule has 0 aromatic heterocycles. The fourth-order valence-electron chi connectivity index (χ4n) is 3.38. The molecule has 2 aliphatic rings. The summed E-state index contributed by atoms with van der Waals surface area (Å²) in [4.78, 5) is 15.4. The molecule has 1 aliphatic carbocycles. The molecular weight excluding hydrogens is 311 g/mol. The number of methoxy groups -OCH3 is 1. The van der Waals surface area contributed by atoms with Crippen molar-refractivity contribution in [3.8, 4) is 0 Å². The molecule has 0 aromatic rings. The summed E-state index contributed by atoms with van der Waals surface area (Å²) in [6, 6.07) is -0.191. The van der Waals surface area contributed by atoms with Crippen molar-refractivity contribution in [1.82, 2.24) is 15.1 Å². The van der Waals surface area contributed by atoms with E-state index < -0.39 is 12.7 Å². The van der Waals surface area contributed by atoms with Gasteiger partial charge in [-0.05, 0) is 19.3 Å². The lowest BCUT2D eigenvalue weighted by Gasteiger charge is -2.33. The summed E-state index contributed by atoms with van der Waals surface area (Å²) in [5.74, 6) is 0. The van der Waals surface area contributed by atoms with E-state index in [9.17, 15) is 18.0 Å². The van der Waals surface area contributed by atoms with Crippen molar-refractivity contribution in [3.63, 3.8) is 0 Å². The van der Waals surface area contributed by atoms with Gasteiger partial charge in [-0.3, -0.25) is 4.90 Å². The Balaban J connectivity index is 1.83. The molecule has 2 amide bonds. The minimum atomic E-state index is -4.19. The molecule has 1 aliphatic heterocycles. The number of carbonyl (C=O) groups excluding carboxylic acids is 1. The van der Waals surface area contributed by atoms with Gasteiger partial charge >= 0.3 is 12.2 Å². The molecule has 2 fully saturated rings. The molecule has 0 bridgehead atoms. The maximum Gasteiger partial charge on any atom is 0.401 e. The first kappa shape index (κ1) is 18.3. The van der Waals surface area contributed by atoms with Crippen molar-refractivity contribution >= 4 is 6.03 Å². The van der Waals surface area contributed by atoms with Crippen LogP contribution in [0.25, 0.3) is 0 Å². The maximum atomic E-state index is 12.5. The summed E-state index contributed by atoms with van der Waals surface area (Å²) >= 11 is 0. The van der Waals surface area contributed by atoms with Gasteiger partial charge in [0.2, 0.25) is 0 Å². The Labute approximate surface area is 135 Å². The zero-order valence-corrected chi connectivity index (χ0v) is 13.6. The monoisotopic (exact) mass is 337 g/mol. The van der Waals surface area contributed by atoms with E-state index in [1.165, 1.54) is 4.90 Å². The number of urea groups is 1. The van der Waals surface area contributed by atoms with Crippen molar-refractivity contribution in [2.24, 2.45) is 0 Å². The molecule has 1 heterocycles. The number of nitrogens with one attached hydrogen (secondary N) is 1. The highest BCUT2D eigenvalue weighted by molar-refractivity contribution is 5.74. The second-order valence-corrected chi connectivity index (χ2v) is 6.35. The molecule has 0 radical (unpaired) electrons. The van der Waals surface area contributed by atoms with Gasteiger partial charge in [-0.15, -0.1) is 0 Å². The van der Waals surface area contributed by atoms with Crippen LogP contribution < -0.4 is 5.32 Å². The smallest absolute Gasteiger partial charge is 0.379 e. The third kappa shape index (κ3) is 5.84. The van der Waals surface area contributed by atoms with Gasteiger partial charge in [-0.1, -0.05) is 12.8 Å². The molecule has 1 saturated heterocycles. The van der Waals surface area contributed by atoms with Crippen molar-refractivity contribution in [2.45, 2.75) is 50.4 Å². The lowest BCUT2D eigenvalue weighted by Crippen LogP contribution is -2.51. The fraction of sp³-hybridized carbons (Fsp3) is 0.933. The van der Waals surface area contributed by atoms with Gasteiger partial charge in [0.05, 0.1) is 18.7 Å². The van der Waals surface area contributed by atoms with E-state index >= 15 is 0 Å². The van der Waals surface area contributed by atoms with Gasteiger partial charge in [0, 0.05) is 33.3 Å². The number of halogens is 3. The average Bonchev–Trinajstić information content (AvgIpc) is 2.71. The third-order valence-electron chi connectivity index (χ3n) is 4.59. The molecule has 0 unspecified atom stereocenters. The van der Waals surface area contributed by atoms with Gasteiger partial charge in [0.15, 0.2) is 0 Å². The van der Waals surface area contributed by atoms with Crippen LogP contribution in [0, 0.1) is 0 Å².